The molecule has 9 nitrogen and oxygen atoms in total. The molecular weight excluding hydrogens is 964 g/mol. The number of amides is 1. The van der Waals surface area contributed by atoms with Crippen molar-refractivity contribution >= 4 is 19.7 Å². The highest BCUT2D eigenvalue weighted by molar-refractivity contribution is 7.45. The normalized spacial score (nSPS) is 14.5. The highest BCUT2D eigenvalue weighted by atomic mass is 31.2. The van der Waals surface area contributed by atoms with Gasteiger partial charge in [0.15, 0.2) is 0 Å². The predicted octanol–water partition coefficient (Wildman–Crippen LogP) is 18.3. The minimum atomic E-state index is -4.72. The van der Waals surface area contributed by atoms with Crippen LogP contribution in [0.3, 0.4) is 0 Å². The summed E-state index contributed by atoms with van der Waals surface area (Å²) in [6, 6.07) is -0.921. The number of unbranched alkanes of at least 4 members (excludes halogenated alkanes) is 22. The van der Waals surface area contributed by atoms with Gasteiger partial charge in [-0.2, -0.15) is 0 Å². The molecule has 0 aromatic carbocycles. The molecule has 0 saturated heterocycles. The number of hydrogen-bond acceptors (Lipinski definition) is 7. The first-order valence-electron chi connectivity index (χ1n) is 30.7. The molecule has 1 N–H and O–H groups in total. The fraction of sp³-hybridized carbons (Fsp3) is 0.697. The van der Waals surface area contributed by atoms with Crippen molar-refractivity contribution in [1.82, 2.24) is 5.32 Å². The van der Waals surface area contributed by atoms with Gasteiger partial charge in [0.2, 0.25) is 5.91 Å². The number of esters is 1. The van der Waals surface area contributed by atoms with Gasteiger partial charge < -0.3 is 28.5 Å². The highest BCUT2D eigenvalue weighted by Crippen LogP contribution is 2.38. The summed E-state index contributed by atoms with van der Waals surface area (Å²) in [6.45, 7) is 6.65. The number of ether oxygens (including phenoxy) is 1. The molecule has 0 heterocycles. The minimum Gasteiger partial charge on any atom is -0.756 e. The van der Waals surface area contributed by atoms with Crippen LogP contribution in [0.5, 0.6) is 0 Å². The van der Waals surface area contributed by atoms with E-state index in [-0.39, 0.29) is 31.3 Å². The molecule has 10 heteroatoms. The van der Waals surface area contributed by atoms with Crippen LogP contribution in [0.1, 0.15) is 245 Å². The quantitative estimate of drug-likeness (QED) is 0.0212. The van der Waals surface area contributed by atoms with E-state index in [1.807, 2.05) is 33.3 Å². The van der Waals surface area contributed by atoms with E-state index in [4.69, 9.17) is 13.8 Å². The average molecular weight is 1080 g/mol. The van der Waals surface area contributed by atoms with Crippen molar-refractivity contribution < 1.29 is 37.3 Å². The van der Waals surface area contributed by atoms with Crippen LogP contribution in [-0.4, -0.2) is 69.4 Å². The molecule has 0 aliphatic carbocycles. The van der Waals surface area contributed by atoms with E-state index in [0.29, 0.717) is 23.9 Å². The number of allylic oxidation sites excluding steroid dienone is 17. The lowest BCUT2D eigenvalue weighted by Gasteiger charge is -2.30. The van der Waals surface area contributed by atoms with Gasteiger partial charge >= 0.3 is 5.97 Å². The zero-order valence-electron chi connectivity index (χ0n) is 49.7. The van der Waals surface area contributed by atoms with Crippen molar-refractivity contribution in [2.24, 2.45) is 0 Å². The van der Waals surface area contributed by atoms with Gasteiger partial charge in [0.1, 0.15) is 19.3 Å². The molecule has 0 bridgehead atoms. The van der Waals surface area contributed by atoms with Crippen molar-refractivity contribution in [2.45, 2.75) is 258 Å². The summed E-state index contributed by atoms with van der Waals surface area (Å²) in [4.78, 5) is 40.0. The number of carbonyl (C=O) groups is 2. The smallest absolute Gasteiger partial charge is 0.306 e. The van der Waals surface area contributed by atoms with Crippen molar-refractivity contribution in [3.8, 4) is 0 Å². The van der Waals surface area contributed by atoms with Gasteiger partial charge in [0, 0.05) is 12.8 Å². The molecule has 0 saturated carbocycles. The molecule has 0 spiro atoms. The number of quaternary nitrogens is 1. The fourth-order valence-corrected chi connectivity index (χ4v) is 8.92. The number of carbonyl (C=O) groups excluding carboxylic acids is 2. The van der Waals surface area contributed by atoms with E-state index >= 15 is 0 Å². The Balaban J connectivity index is 5.38. The van der Waals surface area contributed by atoms with Crippen LogP contribution in [0.2, 0.25) is 0 Å². The van der Waals surface area contributed by atoms with E-state index in [1.54, 1.807) is 0 Å². The summed E-state index contributed by atoms with van der Waals surface area (Å²) in [5.74, 6) is -0.607. The molecule has 0 aromatic heterocycles. The summed E-state index contributed by atoms with van der Waals surface area (Å²) in [7, 11) is 1.14. The first-order chi connectivity index (χ1) is 36.9. The second-order valence-corrected chi connectivity index (χ2v) is 22.9. The molecular formula is C66H115N2O7P. The maximum Gasteiger partial charge on any atom is 0.306 e. The maximum atomic E-state index is 13.5. The largest absolute Gasteiger partial charge is 0.756 e. The van der Waals surface area contributed by atoms with Gasteiger partial charge in [0.25, 0.3) is 7.82 Å². The summed E-state index contributed by atoms with van der Waals surface area (Å²) < 4.78 is 30.3. The number of hydrogen-bond donors (Lipinski definition) is 1. The lowest BCUT2D eigenvalue weighted by atomic mass is 10.0. The molecule has 0 aliphatic rings. The summed E-state index contributed by atoms with van der Waals surface area (Å²) in [5, 5.41) is 3.00. The standard InChI is InChI=1S/C66H115N2O7P/c1-7-10-13-16-19-22-25-28-30-32-33-34-35-37-38-40-43-46-49-52-55-58-65(69)67-63(62-74-76(71,72)73-61-60-68(4,5)6)64(57-54-51-48-45-42-27-24-21-18-15-12-9-3)75-66(70)59-56-53-50-47-44-41-39-36-31-29-26-23-20-17-14-11-8-2/h10,13,19-20,22-23,28-31,33-34,37-38,43,46,54,57,63-64H,7-9,11-12,14-18,21,24-27,32,35-36,39-42,44-45,47-53,55-56,58-62H2,1-6H3,(H-,67,69,71,72)/b13-10-,22-19-,23-20-,30-28-,31-29-,34-33-,38-37-,46-43-,57-54-. The molecule has 0 radical (unpaired) electrons. The molecule has 3 atom stereocenters. The average Bonchev–Trinajstić information content (AvgIpc) is 3.38. The molecule has 436 valence electrons. The van der Waals surface area contributed by atoms with Crippen molar-refractivity contribution in [2.75, 3.05) is 40.9 Å². The molecule has 1 amide bonds. The van der Waals surface area contributed by atoms with Crippen LogP contribution in [-0.2, 0) is 27.9 Å². The van der Waals surface area contributed by atoms with Crippen LogP contribution in [0, 0.1) is 0 Å². The molecule has 0 aliphatic heterocycles. The third kappa shape index (κ3) is 55.4. The van der Waals surface area contributed by atoms with Crippen LogP contribution in [0.4, 0.5) is 0 Å². The van der Waals surface area contributed by atoms with E-state index in [0.717, 1.165) is 103 Å². The molecule has 0 rings (SSSR count). The molecule has 0 aromatic rings. The van der Waals surface area contributed by atoms with Crippen molar-refractivity contribution in [3.63, 3.8) is 0 Å². The Hall–Kier alpha value is -3.33. The Morgan fingerprint density at radius 3 is 1.30 bits per heavy atom. The van der Waals surface area contributed by atoms with E-state index in [9.17, 15) is 19.0 Å². The first kappa shape index (κ1) is 72.7. The Bertz CT molecular complexity index is 1670. The van der Waals surface area contributed by atoms with Gasteiger partial charge in [-0.05, 0) is 115 Å². The van der Waals surface area contributed by atoms with E-state index in [1.165, 1.54) is 96.3 Å². The third-order valence-electron chi connectivity index (χ3n) is 12.9. The Labute approximate surface area is 468 Å². The van der Waals surface area contributed by atoms with Crippen LogP contribution >= 0.6 is 7.82 Å². The SMILES string of the molecule is CC/C=C\C/C=C\C/C=C\C/C=C\C/C=C\C/C=C\CCCCC(=O)NC(COP(=O)([O-])OCC[N+](C)(C)C)C(/C=C\CCCCCCCCCCCC)OC(=O)CCCCCCCCC/C=C\C/C=C\CCCCC. The van der Waals surface area contributed by atoms with Gasteiger partial charge in [-0.15, -0.1) is 0 Å². The number of likely N-dealkylation sites (N-methyl/N-ethyl adjacent to an activating group) is 1. The number of phosphoric acid groups is 1. The van der Waals surface area contributed by atoms with Gasteiger partial charge in [-0.3, -0.25) is 14.2 Å². The Morgan fingerprint density at radius 1 is 0.474 bits per heavy atom. The van der Waals surface area contributed by atoms with Gasteiger partial charge in [-0.25, -0.2) is 0 Å². The van der Waals surface area contributed by atoms with E-state index < -0.39 is 26.6 Å². The molecule has 0 fully saturated rings. The Morgan fingerprint density at radius 2 is 0.842 bits per heavy atom. The Kier molecular flexibility index (Phi) is 52.6. The fourth-order valence-electron chi connectivity index (χ4n) is 8.20. The summed E-state index contributed by atoms with van der Waals surface area (Å²) in [6.07, 6.45) is 74.8. The zero-order chi connectivity index (χ0) is 55.7. The summed E-state index contributed by atoms with van der Waals surface area (Å²) in [5.41, 5.74) is 0. The lowest BCUT2D eigenvalue weighted by molar-refractivity contribution is -0.870. The first-order valence-corrected chi connectivity index (χ1v) is 32.2. The topological polar surface area (TPSA) is 114 Å². The monoisotopic (exact) mass is 1080 g/mol. The van der Waals surface area contributed by atoms with Gasteiger partial charge in [-0.1, -0.05) is 227 Å². The number of rotatable bonds is 54. The van der Waals surface area contributed by atoms with Crippen LogP contribution in [0.25, 0.3) is 0 Å². The number of nitrogens with zero attached hydrogens (tertiary/aromatic N) is 1. The third-order valence-corrected chi connectivity index (χ3v) is 13.9. The van der Waals surface area contributed by atoms with Crippen molar-refractivity contribution in [1.29, 1.82) is 0 Å². The van der Waals surface area contributed by atoms with Crippen LogP contribution in [0.15, 0.2) is 109 Å². The lowest BCUT2D eigenvalue weighted by Crippen LogP contribution is -2.47. The second kappa shape index (κ2) is 55.0. The number of phosphoric ester groups is 1. The molecule has 76 heavy (non-hydrogen) atoms. The second-order valence-electron chi connectivity index (χ2n) is 21.5. The van der Waals surface area contributed by atoms with Gasteiger partial charge in [0.05, 0.1) is 33.8 Å². The van der Waals surface area contributed by atoms with Crippen LogP contribution < -0.4 is 10.2 Å². The highest BCUT2D eigenvalue weighted by Gasteiger charge is 2.27. The maximum absolute atomic E-state index is 13.5. The number of nitrogens with one attached hydrogen (secondary N) is 1. The zero-order valence-corrected chi connectivity index (χ0v) is 50.6. The van der Waals surface area contributed by atoms with Crippen molar-refractivity contribution in [3.05, 3.63) is 109 Å². The summed E-state index contributed by atoms with van der Waals surface area (Å²) >= 11 is 0. The minimum absolute atomic E-state index is 0.0377. The predicted molar refractivity (Wildman–Crippen MR) is 325 cm³/mol. The van der Waals surface area contributed by atoms with E-state index in [2.05, 4.69) is 123 Å². The molecule has 3 unspecified atom stereocenters.